The Balaban J connectivity index is 2.91. The van der Waals surface area contributed by atoms with Gasteiger partial charge >= 0.3 is 7.12 Å². The molecule has 0 aromatic heterocycles. The van der Waals surface area contributed by atoms with Crippen LogP contribution in [-0.4, -0.2) is 34.2 Å². The molecule has 0 aliphatic rings. The summed E-state index contributed by atoms with van der Waals surface area (Å²) in [5, 5.41) is 18.2. The smallest absolute Gasteiger partial charge is 0.423 e. The minimum atomic E-state index is -1.39. The van der Waals surface area contributed by atoms with E-state index in [1.807, 2.05) is 12.1 Å². The van der Waals surface area contributed by atoms with Gasteiger partial charge in [-0.1, -0.05) is 24.3 Å². The van der Waals surface area contributed by atoms with Crippen LogP contribution >= 0.6 is 0 Å². The van der Waals surface area contributed by atoms with Gasteiger partial charge in [-0.15, -0.1) is 0 Å². The van der Waals surface area contributed by atoms with E-state index in [0.29, 0.717) is 23.6 Å². The van der Waals surface area contributed by atoms with Crippen molar-refractivity contribution in [2.24, 2.45) is 0 Å². The number of hydrogen-bond donors (Lipinski definition) is 2. The molecule has 0 bridgehead atoms. The van der Waals surface area contributed by atoms with Gasteiger partial charge in [0.05, 0.1) is 0 Å². The summed E-state index contributed by atoms with van der Waals surface area (Å²) in [6.07, 6.45) is 0. The molecule has 0 heterocycles. The van der Waals surface area contributed by atoms with Gasteiger partial charge in [-0.3, -0.25) is 4.90 Å². The Morgan fingerprint density at radius 3 is 1.67 bits per heavy atom. The molecule has 0 fully saturated rings. The predicted molar refractivity (Wildman–Crippen MR) is 76.8 cm³/mol. The van der Waals surface area contributed by atoms with E-state index in [0.717, 1.165) is 0 Å². The first-order valence-electron chi connectivity index (χ1n) is 6.58. The van der Waals surface area contributed by atoms with Crippen molar-refractivity contribution in [3.05, 3.63) is 29.8 Å². The second-order valence-corrected chi connectivity index (χ2v) is 5.35. The Morgan fingerprint density at radius 1 is 0.889 bits per heavy atom. The maximum Gasteiger partial charge on any atom is 0.488 e. The average molecular weight is 249 g/mol. The van der Waals surface area contributed by atoms with E-state index in [1.165, 1.54) is 5.56 Å². The number of hydrogen-bond acceptors (Lipinski definition) is 3. The summed E-state index contributed by atoms with van der Waals surface area (Å²) < 4.78 is 0. The van der Waals surface area contributed by atoms with Crippen molar-refractivity contribution in [1.29, 1.82) is 0 Å². The molecule has 0 saturated carbocycles. The zero-order valence-electron chi connectivity index (χ0n) is 12.0. The van der Waals surface area contributed by atoms with Crippen LogP contribution in [0.1, 0.15) is 46.2 Å². The molecule has 2 N–H and O–H groups in total. The number of rotatable bonds is 5. The van der Waals surface area contributed by atoms with Crippen molar-refractivity contribution in [1.82, 2.24) is 4.90 Å². The number of nitrogens with zero attached hydrogens (tertiary/aromatic N) is 1. The van der Waals surface area contributed by atoms with Crippen LogP contribution in [0.3, 0.4) is 0 Å². The van der Waals surface area contributed by atoms with E-state index in [2.05, 4.69) is 39.5 Å². The van der Waals surface area contributed by atoms with Gasteiger partial charge in [0.2, 0.25) is 0 Å². The van der Waals surface area contributed by atoms with Gasteiger partial charge in [0.25, 0.3) is 0 Å². The van der Waals surface area contributed by atoms with Crippen LogP contribution in [0.5, 0.6) is 0 Å². The van der Waals surface area contributed by atoms with Crippen molar-refractivity contribution in [2.45, 2.75) is 52.7 Å². The summed E-state index contributed by atoms with van der Waals surface area (Å²) in [6.45, 7) is 11.0. The van der Waals surface area contributed by atoms with Gasteiger partial charge in [0.1, 0.15) is 0 Å². The molecular formula is C14H24BNO2. The Labute approximate surface area is 111 Å². The summed E-state index contributed by atoms with van der Waals surface area (Å²) in [6, 6.07) is 8.75. The molecule has 18 heavy (non-hydrogen) atoms. The molecule has 0 aliphatic heterocycles. The lowest BCUT2D eigenvalue weighted by atomic mass is 9.80. The molecule has 100 valence electrons. The molecule has 4 heteroatoms. The minimum absolute atomic E-state index is 0.315. The monoisotopic (exact) mass is 249 g/mol. The van der Waals surface area contributed by atoms with Gasteiger partial charge in [-0.25, -0.2) is 0 Å². The van der Waals surface area contributed by atoms with Gasteiger partial charge in [0.15, 0.2) is 0 Å². The molecule has 1 unspecified atom stereocenters. The van der Waals surface area contributed by atoms with Gasteiger partial charge in [-0.05, 0) is 45.6 Å². The SMILES string of the molecule is CC(C)N(C(C)C)C(C)c1ccc(B(O)O)cc1. The molecule has 0 aliphatic carbocycles. The van der Waals surface area contributed by atoms with Crippen molar-refractivity contribution in [3.8, 4) is 0 Å². The summed E-state index contributed by atoms with van der Waals surface area (Å²) in [5.41, 5.74) is 1.73. The van der Waals surface area contributed by atoms with E-state index >= 15 is 0 Å². The highest BCUT2D eigenvalue weighted by Crippen LogP contribution is 2.24. The molecule has 0 saturated heterocycles. The Hall–Kier alpha value is -0.835. The molecule has 1 atom stereocenters. The zero-order valence-corrected chi connectivity index (χ0v) is 12.0. The molecule has 1 aromatic carbocycles. The lowest BCUT2D eigenvalue weighted by Gasteiger charge is -2.36. The fraction of sp³-hybridized carbons (Fsp3) is 0.571. The minimum Gasteiger partial charge on any atom is -0.423 e. The highest BCUT2D eigenvalue weighted by molar-refractivity contribution is 6.58. The van der Waals surface area contributed by atoms with Crippen LogP contribution in [-0.2, 0) is 0 Å². The van der Waals surface area contributed by atoms with E-state index < -0.39 is 7.12 Å². The van der Waals surface area contributed by atoms with Gasteiger partial charge < -0.3 is 10.0 Å². The van der Waals surface area contributed by atoms with E-state index in [4.69, 9.17) is 10.0 Å². The Bertz CT molecular complexity index is 355. The average Bonchev–Trinajstić information content (AvgIpc) is 2.28. The van der Waals surface area contributed by atoms with E-state index in [-0.39, 0.29) is 0 Å². The molecule has 1 rings (SSSR count). The van der Waals surface area contributed by atoms with E-state index in [1.54, 1.807) is 12.1 Å². The third-order valence-electron chi connectivity index (χ3n) is 3.36. The fourth-order valence-corrected chi connectivity index (χ4v) is 2.61. The normalized spacial score (nSPS) is 13.4. The fourth-order valence-electron chi connectivity index (χ4n) is 2.61. The second kappa shape index (κ2) is 6.37. The highest BCUT2D eigenvalue weighted by atomic mass is 16.4. The molecule has 3 nitrogen and oxygen atoms in total. The van der Waals surface area contributed by atoms with Crippen LogP contribution in [0.2, 0.25) is 0 Å². The third-order valence-corrected chi connectivity index (χ3v) is 3.36. The van der Waals surface area contributed by atoms with Crippen LogP contribution in [0.25, 0.3) is 0 Å². The summed E-state index contributed by atoms with van der Waals surface area (Å²) in [5.74, 6) is 0. The first-order valence-corrected chi connectivity index (χ1v) is 6.58. The summed E-state index contributed by atoms with van der Waals surface area (Å²) >= 11 is 0. The van der Waals surface area contributed by atoms with Crippen LogP contribution in [0.4, 0.5) is 0 Å². The predicted octanol–water partition coefficient (Wildman–Crippen LogP) is 1.55. The van der Waals surface area contributed by atoms with Crippen LogP contribution < -0.4 is 5.46 Å². The summed E-state index contributed by atoms with van der Waals surface area (Å²) in [4.78, 5) is 2.43. The molecule has 0 radical (unpaired) electrons. The first-order chi connectivity index (χ1) is 8.34. The van der Waals surface area contributed by atoms with Crippen molar-refractivity contribution >= 4 is 12.6 Å². The maximum atomic E-state index is 9.08. The third kappa shape index (κ3) is 3.58. The van der Waals surface area contributed by atoms with Crippen molar-refractivity contribution in [2.75, 3.05) is 0 Å². The topological polar surface area (TPSA) is 43.7 Å². The number of benzene rings is 1. The lowest BCUT2D eigenvalue weighted by molar-refractivity contribution is 0.123. The largest absolute Gasteiger partial charge is 0.488 e. The zero-order chi connectivity index (χ0) is 13.9. The highest BCUT2D eigenvalue weighted by Gasteiger charge is 2.21. The van der Waals surface area contributed by atoms with Gasteiger partial charge in [0, 0.05) is 18.1 Å². The van der Waals surface area contributed by atoms with Crippen LogP contribution in [0.15, 0.2) is 24.3 Å². The van der Waals surface area contributed by atoms with E-state index in [9.17, 15) is 0 Å². The molecule has 0 amide bonds. The second-order valence-electron chi connectivity index (χ2n) is 5.35. The van der Waals surface area contributed by atoms with Crippen molar-refractivity contribution < 1.29 is 10.0 Å². The van der Waals surface area contributed by atoms with Crippen LogP contribution in [0, 0.1) is 0 Å². The maximum absolute atomic E-state index is 9.08. The van der Waals surface area contributed by atoms with Gasteiger partial charge in [-0.2, -0.15) is 0 Å². The molecule has 0 spiro atoms. The van der Waals surface area contributed by atoms with Crippen molar-refractivity contribution in [3.63, 3.8) is 0 Å². The molecule has 1 aromatic rings. The first kappa shape index (κ1) is 15.2. The standard InChI is InChI=1S/C14H24BNO2/c1-10(2)16(11(3)4)12(5)13-6-8-14(9-7-13)15(17)18/h6-12,17-18H,1-5H3. The lowest BCUT2D eigenvalue weighted by Crippen LogP contribution is -2.39. The Morgan fingerprint density at radius 2 is 1.33 bits per heavy atom. The quantitative estimate of drug-likeness (QED) is 0.778. The Kier molecular flexibility index (Phi) is 5.38. The molecular weight excluding hydrogens is 225 g/mol. The summed E-state index contributed by atoms with van der Waals surface area (Å²) in [7, 11) is -1.39.